The maximum Gasteiger partial charge on any atom is 0.254 e. The van der Waals surface area contributed by atoms with Crippen LogP contribution in [0.2, 0.25) is 0 Å². The molecule has 2 aromatic rings. The normalized spacial score (nSPS) is 21.4. The van der Waals surface area contributed by atoms with Crippen molar-refractivity contribution in [1.82, 2.24) is 24.5 Å². The molecule has 0 bridgehead atoms. The third-order valence-corrected chi connectivity index (χ3v) is 5.16. The van der Waals surface area contributed by atoms with Gasteiger partial charge in [0.25, 0.3) is 5.91 Å². The Balaban J connectivity index is 1.39. The van der Waals surface area contributed by atoms with E-state index in [-0.39, 0.29) is 11.9 Å². The molecule has 0 aromatic carbocycles. The lowest BCUT2D eigenvalue weighted by atomic mass is 10.1. The van der Waals surface area contributed by atoms with E-state index < -0.39 is 0 Å². The van der Waals surface area contributed by atoms with Crippen LogP contribution in [-0.4, -0.2) is 44.2 Å². The van der Waals surface area contributed by atoms with Gasteiger partial charge >= 0.3 is 0 Å². The zero-order valence-electron chi connectivity index (χ0n) is 13.1. The molecule has 1 unspecified atom stereocenters. The first-order valence-corrected chi connectivity index (χ1v) is 8.84. The van der Waals surface area contributed by atoms with Gasteiger partial charge in [0, 0.05) is 49.8 Å². The topological polar surface area (TPSA) is 75.9 Å². The molecule has 4 rings (SSSR count). The molecule has 8 heteroatoms. The Hall–Kier alpha value is -1.96. The summed E-state index contributed by atoms with van der Waals surface area (Å²) in [7, 11) is 1.81. The molecule has 1 aliphatic heterocycles. The van der Waals surface area contributed by atoms with E-state index in [0.717, 1.165) is 36.9 Å². The smallest absolute Gasteiger partial charge is 0.254 e. The summed E-state index contributed by atoms with van der Waals surface area (Å²) in [5, 5.41) is 8.15. The molecule has 2 aliphatic rings. The van der Waals surface area contributed by atoms with E-state index in [2.05, 4.69) is 24.7 Å². The third kappa shape index (κ3) is 3.21. The first-order chi connectivity index (χ1) is 11.2. The Kier molecular flexibility index (Phi) is 3.76. The fourth-order valence-electron chi connectivity index (χ4n) is 2.94. The van der Waals surface area contributed by atoms with E-state index in [0.29, 0.717) is 11.5 Å². The van der Waals surface area contributed by atoms with Gasteiger partial charge in [0.15, 0.2) is 0 Å². The molecule has 1 amide bonds. The number of hydrogen-bond donors (Lipinski definition) is 1. The number of aromatic nitrogens is 4. The predicted octanol–water partition coefficient (Wildman–Crippen LogP) is 1.55. The van der Waals surface area contributed by atoms with E-state index in [4.69, 9.17) is 0 Å². The average Bonchev–Trinajstić information content (AvgIpc) is 3.11. The molecule has 3 heterocycles. The summed E-state index contributed by atoms with van der Waals surface area (Å²) < 4.78 is 6.12. The first kappa shape index (κ1) is 14.6. The highest BCUT2D eigenvalue weighted by molar-refractivity contribution is 7.09. The predicted molar refractivity (Wildman–Crippen MR) is 87.8 cm³/mol. The van der Waals surface area contributed by atoms with Gasteiger partial charge in [-0.3, -0.25) is 9.48 Å². The Bertz CT molecular complexity index is 706. The van der Waals surface area contributed by atoms with Gasteiger partial charge in [-0.2, -0.15) is 9.47 Å². The van der Waals surface area contributed by atoms with Gasteiger partial charge in [0.2, 0.25) is 5.13 Å². The number of aryl methyl sites for hydroxylation is 1. The number of nitrogens with one attached hydrogen (secondary N) is 1. The van der Waals surface area contributed by atoms with Crippen molar-refractivity contribution in [3.8, 4) is 0 Å². The first-order valence-electron chi connectivity index (χ1n) is 8.07. The van der Waals surface area contributed by atoms with E-state index >= 15 is 0 Å². The molecule has 0 spiro atoms. The van der Waals surface area contributed by atoms with Crippen molar-refractivity contribution < 1.29 is 4.79 Å². The number of nitrogens with zero attached hydrogens (tertiary/aromatic N) is 5. The van der Waals surface area contributed by atoms with Gasteiger partial charge in [-0.15, -0.1) is 0 Å². The zero-order valence-corrected chi connectivity index (χ0v) is 13.9. The van der Waals surface area contributed by atoms with Crippen LogP contribution in [0.4, 0.5) is 5.13 Å². The van der Waals surface area contributed by atoms with Crippen molar-refractivity contribution in [2.24, 2.45) is 7.05 Å². The minimum atomic E-state index is -0.0547. The molecule has 1 atom stereocenters. The van der Waals surface area contributed by atoms with Crippen molar-refractivity contribution in [2.75, 3.05) is 18.0 Å². The molecule has 1 N–H and O–H groups in total. The molecule has 23 heavy (non-hydrogen) atoms. The Morgan fingerprint density at radius 2 is 2.26 bits per heavy atom. The molecular formula is C15H20N6OS. The Morgan fingerprint density at radius 3 is 3.00 bits per heavy atom. The zero-order chi connectivity index (χ0) is 15.8. The average molecular weight is 332 g/mol. The van der Waals surface area contributed by atoms with Crippen molar-refractivity contribution in [3.05, 3.63) is 23.8 Å². The fourth-order valence-corrected chi connectivity index (χ4v) is 3.72. The van der Waals surface area contributed by atoms with Crippen LogP contribution in [0.1, 0.15) is 47.8 Å². The van der Waals surface area contributed by atoms with Crippen LogP contribution in [0.25, 0.3) is 0 Å². The second-order valence-corrected chi connectivity index (χ2v) is 7.10. The van der Waals surface area contributed by atoms with E-state index in [1.807, 2.05) is 7.05 Å². The third-order valence-electron chi connectivity index (χ3n) is 4.37. The van der Waals surface area contributed by atoms with E-state index in [9.17, 15) is 4.79 Å². The molecule has 7 nitrogen and oxygen atoms in total. The van der Waals surface area contributed by atoms with Crippen molar-refractivity contribution in [1.29, 1.82) is 0 Å². The molecule has 1 saturated carbocycles. The highest BCUT2D eigenvalue weighted by Gasteiger charge is 2.30. The summed E-state index contributed by atoms with van der Waals surface area (Å²) in [6.45, 7) is 1.78. The van der Waals surface area contributed by atoms with Crippen molar-refractivity contribution >= 4 is 22.6 Å². The summed E-state index contributed by atoms with van der Waals surface area (Å²) in [5.41, 5.74) is 0.608. The lowest BCUT2D eigenvalue weighted by molar-refractivity contribution is 0.0933. The molecule has 1 saturated heterocycles. The monoisotopic (exact) mass is 332 g/mol. The minimum absolute atomic E-state index is 0.0547. The number of rotatable bonds is 4. The summed E-state index contributed by atoms with van der Waals surface area (Å²) >= 11 is 1.48. The number of anilines is 1. The van der Waals surface area contributed by atoms with Gasteiger partial charge in [-0.25, -0.2) is 4.98 Å². The maximum absolute atomic E-state index is 12.3. The van der Waals surface area contributed by atoms with Crippen molar-refractivity contribution in [2.45, 2.75) is 37.6 Å². The molecule has 2 fully saturated rings. The van der Waals surface area contributed by atoms with Crippen LogP contribution in [0.15, 0.2) is 12.4 Å². The molecule has 122 valence electrons. The highest BCUT2D eigenvalue weighted by atomic mass is 32.1. The van der Waals surface area contributed by atoms with Gasteiger partial charge in [-0.05, 0) is 25.7 Å². The van der Waals surface area contributed by atoms with E-state index in [1.165, 1.54) is 24.4 Å². The molecule has 1 aliphatic carbocycles. The van der Waals surface area contributed by atoms with Gasteiger partial charge in [-0.1, -0.05) is 0 Å². The standard InChI is InChI=1S/C15H20N6OS/c1-20-8-11(7-16-20)14(22)17-12-3-2-6-21(9-12)15-18-13(19-23-15)10-4-5-10/h7-8,10,12H,2-6,9H2,1H3,(H,17,22). The second-order valence-electron chi connectivity index (χ2n) is 6.37. The molecule has 0 radical (unpaired) electrons. The van der Waals surface area contributed by atoms with E-state index in [1.54, 1.807) is 17.1 Å². The molecular weight excluding hydrogens is 312 g/mol. The number of carbonyl (C=O) groups is 1. The van der Waals surface area contributed by atoms with Crippen LogP contribution < -0.4 is 10.2 Å². The second kappa shape index (κ2) is 5.92. The quantitative estimate of drug-likeness (QED) is 0.919. The largest absolute Gasteiger partial charge is 0.347 e. The lowest BCUT2D eigenvalue weighted by Crippen LogP contribution is -2.47. The fraction of sp³-hybridized carbons (Fsp3) is 0.600. The summed E-state index contributed by atoms with van der Waals surface area (Å²) in [6, 6.07) is 0.143. The van der Waals surface area contributed by atoms with Gasteiger partial charge in [0.05, 0.1) is 11.8 Å². The van der Waals surface area contributed by atoms with Crippen molar-refractivity contribution in [3.63, 3.8) is 0 Å². The Morgan fingerprint density at radius 1 is 1.39 bits per heavy atom. The number of amides is 1. The summed E-state index contributed by atoms with van der Waals surface area (Å²) in [6.07, 6.45) is 7.83. The molecule has 2 aromatic heterocycles. The number of carbonyl (C=O) groups excluding carboxylic acids is 1. The van der Waals surface area contributed by atoms with Crippen LogP contribution >= 0.6 is 11.5 Å². The maximum atomic E-state index is 12.3. The minimum Gasteiger partial charge on any atom is -0.347 e. The van der Waals surface area contributed by atoms with Crippen LogP contribution in [-0.2, 0) is 7.05 Å². The summed E-state index contributed by atoms with van der Waals surface area (Å²) in [5.74, 6) is 1.54. The highest BCUT2D eigenvalue weighted by Crippen LogP contribution is 2.39. The SMILES string of the molecule is Cn1cc(C(=O)NC2CCCN(c3nc(C4CC4)ns3)C2)cn1. The number of hydrogen-bond acceptors (Lipinski definition) is 6. The van der Waals surface area contributed by atoms with Crippen LogP contribution in [0.5, 0.6) is 0 Å². The van der Waals surface area contributed by atoms with Crippen LogP contribution in [0.3, 0.4) is 0 Å². The number of piperidine rings is 1. The Labute approximate surface area is 138 Å². The van der Waals surface area contributed by atoms with Gasteiger partial charge in [0.1, 0.15) is 5.82 Å². The lowest BCUT2D eigenvalue weighted by Gasteiger charge is -2.32. The van der Waals surface area contributed by atoms with Crippen LogP contribution in [0, 0.1) is 0 Å². The van der Waals surface area contributed by atoms with Gasteiger partial charge < -0.3 is 10.2 Å². The summed E-state index contributed by atoms with van der Waals surface area (Å²) in [4.78, 5) is 19.2.